The normalized spacial score (nSPS) is 17.8. The third-order valence-corrected chi connectivity index (χ3v) is 6.56. The summed E-state index contributed by atoms with van der Waals surface area (Å²) in [5.74, 6) is -1.06. The Hall–Kier alpha value is -2.58. The third kappa shape index (κ3) is 4.70. The van der Waals surface area contributed by atoms with E-state index in [2.05, 4.69) is 15.2 Å². The highest BCUT2D eigenvalue weighted by atomic mass is 32.1. The molecule has 0 radical (unpaired) electrons. The lowest BCUT2D eigenvalue weighted by atomic mass is 10.0. The van der Waals surface area contributed by atoms with Crippen molar-refractivity contribution in [3.8, 4) is 0 Å². The number of thiazole rings is 1. The number of hydrogen-bond donors (Lipinski definition) is 1. The first-order chi connectivity index (χ1) is 14.9. The SMILES string of the molecule is CC(C)CC(C(=O)Nc1nc(CN2CCCCC2)cs1)N1C(=O)c2ccccc2C1=O. The second kappa shape index (κ2) is 9.28. The first-order valence-electron chi connectivity index (χ1n) is 10.9. The molecule has 4 rings (SSSR count). The van der Waals surface area contributed by atoms with Gasteiger partial charge in [0.2, 0.25) is 5.91 Å². The van der Waals surface area contributed by atoms with Gasteiger partial charge in [0.1, 0.15) is 6.04 Å². The molecule has 2 aromatic rings. The molecule has 7 nitrogen and oxygen atoms in total. The summed E-state index contributed by atoms with van der Waals surface area (Å²) in [6.45, 7) is 6.88. The second-order valence-electron chi connectivity index (χ2n) is 8.64. The Labute approximate surface area is 186 Å². The monoisotopic (exact) mass is 440 g/mol. The number of carbonyl (C=O) groups is 3. The van der Waals surface area contributed by atoms with Gasteiger partial charge in [-0.3, -0.25) is 24.2 Å². The lowest BCUT2D eigenvalue weighted by molar-refractivity contribution is -0.120. The Morgan fingerprint density at radius 2 is 1.74 bits per heavy atom. The number of piperidine rings is 1. The molecule has 164 valence electrons. The molecule has 1 aromatic heterocycles. The molecule has 0 spiro atoms. The molecule has 2 aliphatic rings. The van der Waals surface area contributed by atoms with E-state index in [4.69, 9.17) is 0 Å². The van der Waals surface area contributed by atoms with Gasteiger partial charge in [0.15, 0.2) is 5.13 Å². The van der Waals surface area contributed by atoms with Gasteiger partial charge in [-0.1, -0.05) is 32.4 Å². The molecule has 1 fully saturated rings. The molecule has 31 heavy (non-hydrogen) atoms. The van der Waals surface area contributed by atoms with Crippen molar-refractivity contribution in [1.82, 2.24) is 14.8 Å². The summed E-state index contributed by atoms with van der Waals surface area (Å²) in [4.78, 5) is 47.1. The van der Waals surface area contributed by atoms with Crippen LogP contribution in [0.3, 0.4) is 0 Å². The largest absolute Gasteiger partial charge is 0.300 e. The van der Waals surface area contributed by atoms with Crippen molar-refractivity contribution in [2.45, 2.75) is 52.1 Å². The van der Waals surface area contributed by atoms with Crippen molar-refractivity contribution in [3.05, 3.63) is 46.5 Å². The summed E-state index contributed by atoms with van der Waals surface area (Å²) in [6.07, 6.45) is 4.10. The number of rotatable bonds is 7. The maximum absolute atomic E-state index is 13.2. The smallest absolute Gasteiger partial charge is 0.262 e. The van der Waals surface area contributed by atoms with Gasteiger partial charge in [0.25, 0.3) is 11.8 Å². The molecular formula is C23H28N4O3S. The number of carbonyl (C=O) groups excluding carboxylic acids is 3. The van der Waals surface area contributed by atoms with Crippen LogP contribution in [0.2, 0.25) is 0 Å². The standard InChI is InChI=1S/C23H28N4O3S/c1-15(2)12-19(27-21(29)17-8-4-5-9-18(17)22(27)30)20(28)25-23-24-16(14-31-23)13-26-10-6-3-7-11-26/h4-5,8-9,14-15,19H,3,6-7,10-13H2,1-2H3,(H,24,25,28). The molecule has 1 N–H and O–H groups in total. The first-order valence-corrected chi connectivity index (χ1v) is 11.8. The molecular weight excluding hydrogens is 412 g/mol. The number of nitrogens with one attached hydrogen (secondary N) is 1. The molecule has 1 atom stereocenters. The first kappa shape index (κ1) is 21.6. The zero-order valence-corrected chi connectivity index (χ0v) is 18.8. The molecule has 3 heterocycles. The fourth-order valence-corrected chi connectivity index (χ4v) is 4.94. The summed E-state index contributed by atoms with van der Waals surface area (Å²) in [5, 5.41) is 5.32. The second-order valence-corrected chi connectivity index (χ2v) is 9.50. The number of imide groups is 1. The molecule has 3 amide bonds. The van der Waals surface area contributed by atoms with Crippen molar-refractivity contribution in [3.63, 3.8) is 0 Å². The molecule has 1 saturated heterocycles. The van der Waals surface area contributed by atoms with Crippen molar-refractivity contribution < 1.29 is 14.4 Å². The van der Waals surface area contributed by atoms with Crippen molar-refractivity contribution in [2.75, 3.05) is 18.4 Å². The fourth-order valence-electron chi connectivity index (χ4n) is 4.24. The van der Waals surface area contributed by atoms with Crippen LogP contribution in [0.25, 0.3) is 0 Å². The van der Waals surface area contributed by atoms with Gasteiger partial charge in [-0.2, -0.15) is 0 Å². The fraction of sp³-hybridized carbons (Fsp3) is 0.478. The zero-order chi connectivity index (χ0) is 22.0. The van der Waals surface area contributed by atoms with Crippen LogP contribution in [0, 0.1) is 5.92 Å². The highest BCUT2D eigenvalue weighted by molar-refractivity contribution is 7.13. The van der Waals surface area contributed by atoms with Crippen molar-refractivity contribution >= 4 is 34.2 Å². The number of anilines is 1. The van der Waals surface area contributed by atoms with E-state index in [9.17, 15) is 14.4 Å². The average Bonchev–Trinajstić information content (AvgIpc) is 3.29. The molecule has 8 heteroatoms. The predicted molar refractivity (Wildman–Crippen MR) is 120 cm³/mol. The third-order valence-electron chi connectivity index (χ3n) is 5.75. The van der Waals surface area contributed by atoms with Crippen LogP contribution in [-0.2, 0) is 11.3 Å². The van der Waals surface area contributed by atoms with Crippen LogP contribution < -0.4 is 5.32 Å². The van der Waals surface area contributed by atoms with Crippen LogP contribution in [0.5, 0.6) is 0 Å². The quantitative estimate of drug-likeness (QED) is 0.663. The van der Waals surface area contributed by atoms with Crippen LogP contribution in [0.15, 0.2) is 29.6 Å². The van der Waals surface area contributed by atoms with E-state index < -0.39 is 17.9 Å². The van der Waals surface area contributed by atoms with E-state index in [-0.39, 0.29) is 11.8 Å². The molecule has 1 aromatic carbocycles. The Balaban J connectivity index is 1.48. The topological polar surface area (TPSA) is 82.6 Å². The highest BCUT2D eigenvalue weighted by Crippen LogP contribution is 2.28. The van der Waals surface area contributed by atoms with Crippen molar-refractivity contribution in [1.29, 1.82) is 0 Å². The summed E-state index contributed by atoms with van der Waals surface area (Å²) >= 11 is 1.38. The van der Waals surface area contributed by atoms with Gasteiger partial charge in [0, 0.05) is 11.9 Å². The van der Waals surface area contributed by atoms with E-state index in [1.165, 1.54) is 30.6 Å². The molecule has 0 bridgehead atoms. The number of benzene rings is 1. The highest BCUT2D eigenvalue weighted by Gasteiger charge is 2.42. The summed E-state index contributed by atoms with van der Waals surface area (Å²) < 4.78 is 0. The Kier molecular flexibility index (Phi) is 6.48. The van der Waals surface area contributed by atoms with Gasteiger partial charge >= 0.3 is 0 Å². The Morgan fingerprint density at radius 1 is 1.10 bits per heavy atom. The zero-order valence-electron chi connectivity index (χ0n) is 18.0. The maximum atomic E-state index is 13.2. The van der Waals surface area contributed by atoms with Gasteiger partial charge in [-0.25, -0.2) is 4.98 Å². The summed E-state index contributed by atoms with van der Waals surface area (Å²) in [7, 11) is 0. The van der Waals surface area contributed by atoms with Gasteiger partial charge in [-0.15, -0.1) is 11.3 Å². The lowest BCUT2D eigenvalue weighted by Crippen LogP contribution is -2.47. The summed E-state index contributed by atoms with van der Waals surface area (Å²) in [5.41, 5.74) is 1.64. The maximum Gasteiger partial charge on any atom is 0.262 e. The lowest BCUT2D eigenvalue weighted by Gasteiger charge is -2.26. The minimum absolute atomic E-state index is 0.131. The van der Waals surface area contributed by atoms with Crippen LogP contribution in [0.4, 0.5) is 5.13 Å². The number of nitrogens with zero attached hydrogens (tertiary/aromatic N) is 3. The van der Waals surface area contributed by atoms with E-state index in [0.717, 1.165) is 30.2 Å². The van der Waals surface area contributed by atoms with E-state index >= 15 is 0 Å². The van der Waals surface area contributed by atoms with Gasteiger partial charge < -0.3 is 5.32 Å². The van der Waals surface area contributed by atoms with Crippen LogP contribution in [-0.4, -0.2) is 51.6 Å². The number of hydrogen-bond acceptors (Lipinski definition) is 6. The van der Waals surface area contributed by atoms with E-state index in [1.807, 2.05) is 19.2 Å². The van der Waals surface area contributed by atoms with E-state index in [1.54, 1.807) is 24.3 Å². The van der Waals surface area contributed by atoms with Crippen molar-refractivity contribution in [2.24, 2.45) is 5.92 Å². The number of aromatic nitrogens is 1. The van der Waals surface area contributed by atoms with E-state index in [0.29, 0.717) is 22.7 Å². The summed E-state index contributed by atoms with van der Waals surface area (Å²) in [6, 6.07) is 5.85. The van der Waals surface area contributed by atoms with Crippen LogP contribution >= 0.6 is 11.3 Å². The number of likely N-dealkylation sites (tertiary alicyclic amines) is 1. The number of fused-ring (bicyclic) bond motifs is 1. The Morgan fingerprint density at radius 3 is 2.35 bits per heavy atom. The average molecular weight is 441 g/mol. The van der Waals surface area contributed by atoms with Gasteiger partial charge in [-0.05, 0) is 50.4 Å². The Bertz CT molecular complexity index is 946. The molecule has 0 aliphatic carbocycles. The molecule has 1 unspecified atom stereocenters. The minimum atomic E-state index is -0.873. The minimum Gasteiger partial charge on any atom is -0.300 e. The molecule has 2 aliphatic heterocycles. The number of amides is 3. The van der Waals surface area contributed by atoms with Gasteiger partial charge in [0.05, 0.1) is 16.8 Å². The van der Waals surface area contributed by atoms with Crippen LogP contribution in [0.1, 0.15) is 65.9 Å². The predicted octanol–water partition coefficient (Wildman–Crippen LogP) is 3.78. The molecule has 0 saturated carbocycles.